The molecule has 32 heavy (non-hydrogen) atoms. The average Bonchev–Trinajstić information content (AvgIpc) is 3.07. The number of aromatic hydroxyl groups is 1. The van der Waals surface area contributed by atoms with E-state index < -0.39 is 5.91 Å². The van der Waals surface area contributed by atoms with Crippen LogP contribution in [0.25, 0.3) is 10.9 Å². The third kappa shape index (κ3) is 4.31. The lowest BCUT2D eigenvalue weighted by Gasteiger charge is -2.07. The van der Waals surface area contributed by atoms with Crippen molar-refractivity contribution in [1.29, 1.82) is 0 Å². The minimum Gasteiger partial charge on any atom is -0.493 e. The number of aryl methyl sites for hydroxylation is 2. The molecule has 8 heteroatoms. The van der Waals surface area contributed by atoms with Crippen LogP contribution in [0.4, 0.5) is 11.4 Å². The van der Waals surface area contributed by atoms with Crippen molar-refractivity contribution < 1.29 is 14.7 Å². The number of hydrogen-bond donors (Lipinski definition) is 3. The van der Waals surface area contributed by atoms with E-state index in [1.165, 1.54) is 0 Å². The molecule has 0 aliphatic heterocycles. The molecule has 0 atom stereocenters. The smallest absolute Gasteiger partial charge is 0.295 e. The number of nitrogens with zero attached hydrogens (tertiary/aromatic N) is 2. The summed E-state index contributed by atoms with van der Waals surface area (Å²) in [5, 5.41) is 21.4. The number of benzene rings is 3. The molecule has 7 nitrogen and oxygen atoms in total. The summed E-state index contributed by atoms with van der Waals surface area (Å²) in [6.07, 6.45) is 0. The minimum absolute atomic E-state index is 0.164. The molecule has 0 spiro atoms. The Kier molecular flexibility index (Phi) is 5.87. The van der Waals surface area contributed by atoms with Gasteiger partial charge in [-0.25, -0.2) is 0 Å². The highest BCUT2D eigenvalue weighted by Crippen LogP contribution is 2.37. The molecule has 160 valence electrons. The molecular formula is C24H19BrN4O3. The monoisotopic (exact) mass is 490 g/mol. The highest BCUT2D eigenvalue weighted by molar-refractivity contribution is 9.10. The maximum Gasteiger partial charge on any atom is 0.295 e. The van der Waals surface area contributed by atoms with Gasteiger partial charge in [0.2, 0.25) is 5.88 Å². The molecule has 0 fully saturated rings. The van der Waals surface area contributed by atoms with E-state index >= 15 is 0 Å². The van der Waals surface area contributed by atoms with Gasteiger partial charge in [-0.3, -0.25) is 9.59 Å². The van der Waals surface area contributed by atoms with Gasteiger partial charge in [0, 0.05) is 26.7 Å². The number of azo groups is 1. The van der Waals surface area contributed by atoms with Gasteiger partial charge in [-0.05, 0) is 67.4 Å². The number of hydrogen-bond acceptors (Lipinski definition) is 4. The lowest BCUT2D eigenvalue weighted by Crippen LogP contribution is -2.13. The lowest BCUT2D eigenvalue weighted by atomic mass is 10.1. The number of halogens is 1. The van der Waals surface area contributed by atoms with Crippen LogP contribution in [0.3, 0.4) is 0 Å². The van der Waals surface area contributed by atoms with Crippen molar-refractivity contribution in [2.75, 3.05) is 5.32 Å². The minimum atomic E-state index is -0.565. The van der Waals surface area contributed by atoms with Crippen molar-refractivity contribution in [3.63, 3.8) is 0 Å². The summed E-state index contributed by atoms with van der Waals surface area (Å²) >= 11 is 3.44. The second-order valence-electron chi connectivity index (χ2n) is 7.32. The molecule has 3 N–H and O–H groups in total. The number of fused-ring (bicyclic) bond motifs is 1. The van der Waals surface area contributed by atoms with Gasteiger partial charge in [-0.2, -0.15) is 0 Å². The van der Waals surface area contributed by atoms with Crippen LogP contribution in [0.2, 0.25) is 0 Å². The Labute approximate surface area is 192 Å². The molecule has 0 saturated carbocycles. The number of carbonyl (C=O) groups is 2. The Morgan fingerprint density at radius 1 is 1.00 bits per heavy atom. The number of amides is 2. The van der Waals surface area contributed by atoms with Crippen LogP contribution in [-0.4, -0.2) is 21.9 Å². The van der Waals surface area contributed by atoms with Crippen LogP contribution in [0.5, 0.6) is 5.88 Å². The first-order valence-corrected chi connectivity index (χ1v) is 10.6. The highest BCUT2D eigenvalue weighted by Gasteiger charge is 2.14. The fourth-order valence-corrected chi connectivity index (χ4v) is 3.62. The van der Waals surface area contributed by atoms with Crippen LogP contribution in [0.15, 0.2) is 75.4 Å². The summed E-state index contributed by atoms with van der Waals surface area (Å²) in [7, 11) is 0. The second kappa shape index (κ2) is 8.76. The van der Waals surface area contributed by atoms with Gasteiger partial charge < -0.3 is 15.4 Å². The molecule has 2 amide bonds. The fraction of sp³-hybridized carbons (Fsp3) is 0.0833. The zero-order valence-electron chi connectivity index (χ0n) is 17.3. The standard InChI is InChI=1S/C24H19BrN4O3/c1-13-5-3-4-6-17(13)23(31)26-16-9-7-15(8-10-16)22(30)29-28-21-18-11-14(2)19(25)12-20(18)27-24(21)32/h3-12,27,32H,1-2H3,(H,26,31). The van der Waals surface area contributed by atoms with E-state index in [-0.39, 0.29) is 17.5 Å². The number of anilines is 1. The fourth-order valence-electron chi connectivity index (χ4n) is 3.27. The van der Waals surface area contributed by atoms with Crippen LogP contribution in [0.1, 0.15) is 31.8 Å². The van der Waals surface area contributed by atoms with Crippen LogP contribution in [-0.2, 0) is 0 Å². The van der Waals surface area contributed by atoms with Crippen molar-refractivity contribution in [3.05, 3.63) is 87.4 Å². The highest BCUT2D eigenvalue weighted by atomic mass is 79.9. The van der Waals surface area contributed by atoms with Crippen LogP contribution in [0, 0.1) is 13.8 Å². The first-order chi connectivity index (χ1) is 15.3. The quantitative estimate of drug-likeness (QED) is 0.287. The predicted molar refractivity (Wildman–Crippen MR) is 127 cm³/mol. The maximum atomic E-state index is 12.5. The number of nitrogens with one attached hydrogen (secondary N) is 2. The van der Waals surface area contributed by atoms with Crippen molar-refractivity contribution >= 4 is 50.0 Å². The second-order valence-corrected chi connectivity index (χ2v) is 8.18. The lowest BCUT2D eigenvalue weighted by molar-refractivity contribution is 0.0993. The third-order valence-electron chi connectivity index (χ3n) is 5.05. The van der Waals surface area contributed by atoms with Gasteiger partial charge >= 0.3 is 0 Å². The Morgan fingerprint density at radius 3 is 2.44 bits per heavy atom. The summed E-state index contributed by atoms with van der Waals surface area (Å²) in [6, 6.07) is 17.4. The Bertz CT molecular complexity index is 1370. The van der Waals surface area contributed by atoms with E-state index in [1.807, 2.05) is 38.1 Å². The summed E-state index contributed by atoms with van der Waals surface area (Å²) in [4.78, 5) is 27.7. The molecule has 0 aliphatic rings. The van der Waals surface area contributed by atoms with Gasteiger partial charge in [0.15, 0.2) is 5.69 Å². The number of H-pyrrole nitrogens is 1. The van der Waals surface area contributed by atoms with E-state index in [9.17, 15) is 14.7 Å². The van der Waals surface area contributed by atoms with Crippen molar-refractivity contribution in [2.24, 2.45) is 10.2 Å². The average molecular weight is 491 g/mol. The largest absolute Gasteiger partial charge is 0.493 e. The third-order valence-corrected chi connectivity index (χ3v) is 5.91. The molecule has 4 rings (SSSR count). The first kappa shape index (κ1) is 21.5. The zero-order valence-corrected chi connectivity index (χ0v) is 18.9. The topological polar surface area (TPSA) is 107 Å². The SMILES string of the molecule is Cc1cc2c(N=NC(=O)c3ccc(NC(=O)c4ccccc4C)cc3)c(O)[nH]c2cc1Br. The molecule has 1 heterocycles. The molecule has 0 unspecified atom stereocenters. The van der Waals surface area contributed by atoms with Gasteiger partial charge in [0.25, 0.3) is 11.8 Å². The molecule has 0 aliphatic carbocycles. The molecular weight excluding hydrogens is 472 g/mol. The molecule has 0 radical (unpaired) electrons. The predicted octanol–water partition coefficient (Wildman–Crippen LogP) is 6.43. The number of carbonyl (C=O) groups excluding carboxylic acids is 2. The van der Waals surface area contributed by atoms with Crippen molar-refractivity contribution in [1.82, 2.24) is 4.98 Å². The van der Waals surface area contributed by atoms with Crippen molar-refractivity contribution in [2.45, 2.75) is 13.8 Å². The van der Waals surface area contributed by atoms with E-state index in [4.69, 9.17) is 0 Å². The summed E-state index contributed by atoms with van der Waals surface area (Å²) < 4.78 is 0.889. The Balaban J connectivity index is 1.50. The van der Waals surface area contributed by atoms with E-state index in [0.717, 1.165) is 15.6 Å². The summed E-state index contributed by atoms with van der Waals surface area (Å²) in [5.74, 6) is -0.953. The Morgan fingerprint density at radius 2 is 1.72 bits per heavy atom. The first-order valence-electron chi connectivity index (χ1n) is 9.77. The van der Waals surface area contributed by atoms with Crippen molar-refractivity contribution in [3.8, 4) is 5.88 Å². The van der Waals surface area contributed by atoms with E-state index in [1.54, 1.807) is 36.4 Å². The molecule has 0 saturated heterocycles. The number of aromatic amines is 1. The van der Waals surface area contributed by atoms with Crippen LogP contribution >= 0.6 is 15.9 Å². The number of aromatic nitrogens is 1. The zero-order chi connectivity index (χ0) is 22.8. The van der Waals surface area contributed by atoms with Gasteiger partial charge in [0.1, 0.15) is 0 Å². The molecule has 1 aromatic heterocycles. The van der Waals surface area contributed by atoms with Crippen LogP contribution < -0.4 is 5.32 Å². The maximum absolute atomic E-state index is 12.5. The van der Waals surface area contributed by atoms with Gasteiger partial charge in [0.05, 0.1) is 5.52 Å². The molecule has 0 bridgehead atoms. The van der Waals surface area contributed by atoms with E-state index in [2.05, 4.69) is 36.5 Å². The van der Waals surface area contributed by atoms with Gasteiger partial charge in [-0.1, -0.05) is 34.1 Å². The van der Waals surface area contributed by atoms with E-state index in [0.29, 0.717) is 27.7 Å². The summed E-state index contributed by atoms with van der Waals surface area (Å²) in [6.45, 7) is 3.78. The number of rotatable bonds is 4. The molecule has 4 aromatic rings. The normalized spacial score (nSPS) is 11.2. The Hall–Kier alpha value is -3.78. The molecule has 3 aromatic carbocycles. The van der Waals surface area contributed by atoms with Gasteiger partial charge in [-0.15, -0.1) is 10.2 Å². The summed E-state index contributed by atoms with van der Waals surface area (Å²) in [5.41, 5.74) is 4.16.